The summed E-state index contributed by atoms with van der Waals surface area (Å²) >= 11 is 0. The highest BCUT2D eigenvalue weighted by atomic mass is 16.5. The molecule has 130 valence electrons. The van der Waals surface area contributed by atoms with Crippen molar-refractivity contribution in [2.45, 2.75) is 51.4 Å². The average molecular weight is 330 g/mol. The average Bonchev–Trinajstić information content (AvgIpc) is 3.23. The first-order valence-electron chi connectivity index (χ1n) is 8.98. The molecular weight excluding hydrogens is 300 g/mol. The van der Waals surface area contributed by atoms with Gasteiger partial charge in [-0.1, -0.05) is 0 Å². The van der Waals surface area contributed by atoms with E-state index in [4.69, 9.17) is 20.3 Å². The summed E-state index contributed by atoms with van der Waals surface area (Å²) in [6.07, 6.45) is 19.6. The second kappa shape index (κ2) is 10.6. The Morgan fingerprint density at radius 1 is 0.708 bits per heavy atom. The van der Waals surface area contributed by atoms with E-state index in [1.807, 2.05) is 12.2 Å². The highest BCUT2D eigenvalue weighted by molar-refractivity contribution is 5.66. The molecule has 0 unspecified atom stereocenters. The van der Waals surface area contributed by atoms with Gasteiger partial charge < -0.3 is 9.47 Å². The SMILES string of the molecule is [NH2+]=C/C=C\C1=C(OCCCCOC2=C(/C=C\C=[NH2+])CCC2)CCC1. The quantitative estimate of drug-likeness (QED) is 0.445. The van der Waals surface area contributed by atoms with Crippen molar-refractivity contribution in [2.24, 2.45) is 0 Å². The third-order valence-electron chi connectivity index (χ3n) is 4.32. The van der Waals surface area contributed by atoms with Crippen LogP contribution in [0.3, 0.4) is 0 Å². The maximum Gasteiger partial charge on any atom is 0.160 e. The van der Waals surface area contributed by atoms with E-state index in [-0.39, 0.29) is 0 Å². The van der Waals surface area contributed by atoms with Crippen LogP contribution in [0.15, 0.2) is 47.0 Å². The first-order chi connectivity index (χ1) is 11.8. The minimum atomic E-state index is 0.760. The van der Waals surface area contributed by atoms with E-state index < -0.39 is 0 Å². The maximum absolute atomic E-state index is 5.94. The molecule has 0 spiro atoms. The third kappa shape index (κ3) is 5.84. The zero-order valence-electron chi connectivity index (χ0n) is 14.5. The lowest BCUT2D eigenvalue weighted by atomic mass is 10.2. The molecule has 0 saturated carbocycles. The van der Waals surface area contributed by atoms with E-state index >= 15 is 0 Å². The van der Waals surface area contributed by atoms with E-state index in [0.717, 1.165) is 63.3 Å². The van der Waals surface area contributed by atoms with E-state index in [1.165, 1.54) is 24.0 Å². The summed E-state index contributed by atoms with van der Waals surface area (Å²) in [7, 11) is 0. The Bertz CT molecular complexity index is 506. The lowest BCUT2D eigenvalue weighted by Gasteiger charge is -2.10. The van der Waals surface area contributed by atoms with Crippen molar-refractivity contribution in [3.05, 3.63) is 47.0 Å². The fourth-order valence-corrected chi connectivity index (χ4v) is 3.10. The number of hydrogen-bond acceptors (Lipinski definition) is 2. The molecule has 4 nitrogen and oxygen atoms in total. The summed E-state index contributed by atoms with van der Waals surface area (Å²) in [6.45, 7) is 1.52. The van der Waals surface area contributed by atoms with Gasteiger partial charge in [-0.2, -0.15) is 0 Å². The molecule has 0 atom stereocenters. The third-order valence-corrected chi connectivity index (χ3v) is 4.32. The van der Waals surface area contributed by atoms with Crippen molar-refractivity contribution < 1.29 is 20.3 Å². The van der Waals surface area contributed by atoms with E-state index in [2.05, 4.69) is 12.2 Å². The topological polar surface area (TPSA) is 69.6 Å². The monoisotopic (exact) mass is 330 g/mol. The fraction of sp³-hybridized carbons (Fsp3) is 0.500. The van der Waals surface area contributed by atoms with Gasteiger partial charge in [0.25, 0.3) is 0 Å². The van der Waals surface area contributed by atoms with Crippen LogP contribution in [-0.2, 0) is 9.47 Å². The lowest BCUT2D eigenvalue weighted by molar-refractivity contribution is -0.104. The van der Waals surface area contributed by atoms with Gasteiger partial charge in [0, 0.05) is 25.0 Å². The fourth-order valence-electron chi connectivity index (χ4n) is 3.10. The lowest BCUT2D eigenvalue weighted by Crippen LogP contribution is -2.28. The van der Waals surface area contributed by atoms with Crippen molar-refractivity contribution in [3.8, 4) is 0 Å². The van der Waals surface area contributed by atoms with Crippen LogP contribution >= 0.6 is 0 Å². The second-order valence-electron chi connectivity index (χ2n) is 6.11. The van der Waals surface area contributed by atoms with Crippen molar-refractivity contribution in [1.29, 1.82) is 0 Å². The number of ether oxygens (including phenoxy) is 2. The van der Waals surface area contributed by atoms with Gasteiger partial charge >= 0.3 is 0 Å². The summed E-state index contributed by atoms with van der Waals surface area (Å²) in [5.41, 5.74) is 2.58. The van der Waals surface area contributed by atoms with Crippen molar-refractivity contribution >= 4 is 12.4 Å². The molecule has 0 bridgehead atoms. The van der Waals surface area contributed by atoms with Crippen molar-refractivity contribution in [2.75, 3.05) is 13.2 Å². The first-order valence-corrected chi connectivity index (χ1v) is 8.98. The number of rotatable bonds is 11. The van der Waals surface area contributed by atoms with Crippen LogP contribution in [0.25, 0.3) is 0 Å². The van der Waals surface area contributed by atoms with Crippen LogP contribution in [0.1, 0.15) is 51.4 Å². The predicted molar refractivity (Wildman–Crippen MR) is 97.2 cm³/mol. The second-order valence-corrected chi connectivity index (χ2v) is 6.11. The largest absolute Gasteiger partial charge is 0.498 e. The summed E-state index contributed by atoms with van der Waals surface area (Å²) in [6, 6.07) is 0. The zero-order chi connectivity index (χ0) is 17.0. The number of unbranched alkanes of at least 4 members (excludes halogenated alkanes) is 1. The van der Waals surface area contributed by atoms with E-state index in [1.54, 1.807) is 12.4 Å². The van der Waals surface area contributed by atoms with E-state index in [9.17, 15) is 0 Å². The Kier molecular flexibility index (Phi) is 8.08. The Labute approximate surface area is 145 Å². The molecule has 2 aliphatic carbocycles. The number of hydrogen-bond donors (Lipinski definition) is 2. The van der Waals surface area contributed by atoms with Gasteiger partial charge in [0.15, 0.2) is 12.4 Å². The molecule has 4 N–H and O–H groups in total. The summed E-state index contributed by atoms with van der Waals surface area (Å²) in [5, 5.41) is 10.8. The Morgan fingerprint density at radius 2 is 1.17 bits per heavy atom. The van der Waals surface area contributed by atoms with Crippen LogP contribution < -0.4 is 10.8 Å². The molecule has 0 fully saturated rings. The normalized spacial score (nSPS) is 18.2. The standard InChI is InChI=1S/C20H28N2O2/c21-13-5-9-17-7-3-11-19(17)23-15-1-2-16-24-20-12-4-8-18(20)10-6-14-22/h5-6,9-10,13-14,21-22H,1-4,7-8,11-12,15-16H2/p+2/b9-5-,10-6-,21-13?,22-14?. The Morgan fingerprint density at radius 3 is 1.58 bits per heavy atom. The maximum atomic E-state index is 5.94. The molecule has 0 aliphatic heterocycles. The molecule has 0 aromatic heterocycles. The Hall–Kier alpha value is -2.10. The van der Waals surface area contributed by atoms with Crippen LogP contribution in [-0.4, -0.2) is 25.6 Å². The van der Waals surface area contributed by atoms with Gasteiger partial charge in [0.2, 0.25) is 0 Å². The smallest absolute Gasteiger partial charge is 0.160 e. The van der Waals surface area contributed by atoms with Gasteiger partial charge in [0.05, 0.1) is 24.7 Å². The summed E-state index contributed by atoms with van der Waals surface area (Å²) in [4.78, 5) is 0. The highest BCUT2D eigenvalue weighted by Gasteiger charge is 2.14. The van der Waals surface area contributed by atoms with Gasteiger partial charge in [-0.05, 0) is 61.8 Å². The summed E-state index contributed by atoms with van der Waals surface area (Å²) < 4.78 is 11.9. The molecule has 0 saturated heterocycles. The zero-order valence-corrected chi connectivity index (χ0v) is 14.5. The first kappa shape index (κ1) is 18.2. The molecule has 0 aromatic carbocycles. The highest BCUT2D eigenvalue weighted by Crippen LogP contribution is 2.29. The molecule has 0 radical (unpaired) electrons. The van der Waals surface area contributed by atoms with Crippen LogP contribution in [0.2, 0.25) is 0 Å². The molecule has 4 heteroatoms. The van der Waals surface area contributed by atoms with Crippen LogP contribution in [0, 0.1) is 0 Å². The van der Waals surface area contributed by atoms with Crippen molar-refractivity contribution in [1.82, 2.24) is 0 Å². The molecule has 0 amide bonds. The van der Waals surface area contributed by atoms with E-state index in [0.29, 0.717) is 0 Å². The molecule has 0 aromatic rings. The molecule has 24 heavy (non-hydrogen) atoms. The minimum Gasteiger partial charge on any atom is -0.498 e. The molecule has 2 rings (SSSR count). The summed E-state index contributed by atoms with van der Waals surface area (Å²) in [5.74, 6) is 2.27. The predicted octanol–water partition coefficient (Wildman–Crippen LogP) is 1.45. The van der Waals surface area contributed by atoms with Crippen molar-refractivity contribution in [3.63, 3.8) is 0 Å². The van der Waals surface area contributed by atoms with Gasteiger partial charge in [-0.25, -0.2) is 0 Å². The number of nitrogens with two attached hydrogens (primary N) is 2. The van der Waals surface area contributed by atoms with Gasteiger partial charge in [0.1, 0.15) is 0 Å². The van der Waals surface area contributed by atoms with Crippen LogP contribution in [0.4, 0.5) is 0 Å². The molecular formula is C20H30N2O2+2. The van der Waals surface area contributed by atoms with Gasteiger partial charge in [-0.15, -0.1) is 0 Å². The minimum absolute atomic E-state index is 0.760. The van der Waals surface area contributed by atoms with Gasteiger partial charge in [-0.3, -0.25) is 10.8 Å². The molecule has 2 aliphatic rings. The Balaban J connectivity index is 1.65. The van der Waals surface area contributed by atoms with Crippen LogP contribution in [0.5, 0.6) is 0 Å². The number of allylic oxidation sites excluding steroid dienone is 8. The molecule has 0 heterocycles.